The molecular formula is C11H8N2O4S. The van der Waals surface area contributed by atoms with E-state index in [2.05, 4.69) is 10.5 Å². The highest BCUT2D eigenvalue weighted by molar-refractivity contribution is 8.18. The van der Waals surface area contributed by atoms with Gasteiger partial charge < -0.3 is 14.7 Å². The number of amidine groups is 1. The monoisotopic (exact) mass is 264 g/mol. The maximum atomic E-state index is 11.5. The van der Waals surface area contributed by atoms with Gasteiger partial charge in [0.2, 0.25) is 12.0 Å². The Labute approximate surface area is 106 Å². The minimum Gasteiger partial charge on any atom is -0.454 e. The fourth-order valence-corrected chi connectivity index (χ4v) is 2.36. The topological polar surface area (TPSA) is 80.2 Å². The maximum Gasteiger partial charge on any atom is 0.264 e. The summed E-state index contributed by atoms with van der Waals surface area (Å²) >= 11 is 1.08. The molecule has 1 saturated heterocycles. The minimum atomic E-state index is -0.287. The quantitative estimate of drug-likeness (QED) is 0.455. The summed E-state index contributed by atoms with van der Waals surface area (Å²) in [5.74, 6) is 1.06. The molecule has 2 heterocycles. The van der Waals surface area contributed by atoms with Crippen molar-refractivity contribution in [1.29, 1.82) is 0 Å². The highest BCUT2D eigenvalue weighted by Crippen LogP contribution is 2.34. The SMILES string of the molecule is O=C1N/C(=N\O)S/C1=C\c1ccc2c(c1)OCO2. The molecule has 0 saturated carbocycles. The molecule has 0 aromatic heterocycles. The van der Waals surface area contributed by atoms with Crippen molar-refractivity contribution in [3.8, 4) is 11.5 Å². The van der Waals surface area contributed by atoms with E-state index in [-0.39, 0.29) is 17.9 Å². The van der Waals surface area contributed by atoms with Gasteiger partial charge in [0.25, 0.3) is 5.91 Å². The first-order chi connectivity index (χ1) is 8.76. The molecule has 18 heavy (non-hydrogen) atoms. The number of benzene rings is 1. The number of oxime groups is 1. The minimum absolute atomic E-state index is 0.173. The zero-order chi connectivity index (χ0) is 12.5. The summed E-state index contributed by atoms with van der Waals surface area (Å²) in [5.41, 5.74) is 0.816. The standard InChI is InChI=1S/C11H8N2O4S/c14-10-9(18-11(12-10)13-15)4-6-1-2-7-8(3-6)17-5-16-7/h1-4,15H,5H2,(H,12,13,14)/b9-4-. The molecule has 2 aliphatic rings. The Morgan fingerprint density at radius 1 is 1.39 bits per heavy atom. The lowest BCUT2D eigenvalue weighted by molar-refractivity contribution is -0.115. The second kappa shape index (κ2) is 4.26. The highest BCUT2D eigenvalue weighted by atomic mass is 32.2. The van der Waals surface area contributed by atoms with E-state index < -0.39 is 0 Å². The number of carbonyl (C=O) groups excluding carboxylic acids is 1. The van der Waals surface area contributed by atoms with E-state index in [9.17, 15) is 4.79 Å². The van der Waals surface area contributed by atoms with Gasteiger partial charge in [0, 0.05) is 0 Å². The first-order valence-electron chi connectivity index (χ1n) is 5.09. The van der Waals surface area contributed by atoms with Gasteiger partial charge in [-0.2, -0.15) is 0 Å². The third-order valence-electron chi connectivity index (χ3n) is 2.44. The Hall–Kier alpha value is -2.15. The molecule has 0 spiro atoms. The summed E-state index contributed by atoms with van der Waals surface area (Å²) in [5, 5.41) is 14.1. The van der Waals surface area contributed by atoms with E-state index in [1.807, 2.05) is 6.07 Å². The van der Waals surface area contributed by atoms with Crippen LogP contribution in [0.15, 0.2) is 28.3 Å². The van der Waals surface area contributed by atoms with Crippen molar-refractivity contribution in [2.45, 2.75) is 0 Å². The molecule has 1 fully saturated rings. The summed E-state index contributed by atoms with van der Waals surface area (Å²) in [7, 11) is 0. The molecule has 2 N–H and O–H groups in total. The van der Waals surface area contributed by atoms with E-state index in [1.165, 1.54) is 0 Å². The van der Waals surface area contributed by atoms with Crippen molar-refractivity contribution in [2.24, 2.45) is 5.16 Å². The molecule has 0 aliphatic carbocycles. The second-order valence-corrected chi connectivity index (χ2v) is 4.61. The van der Waals surface area contributed by atoms with Gasteiger partial charge in [0.1, 0.15) is 0 Å². The van der Waals surface area contributed by atoms with E-state index in [1.54, 1.807) is 18.2 Å². The fraction of sp³-hybridized carbons (Fsp3) is 0.0909. The fourth-order valence-electron chi connectivity index (χ4n) is 1.63. The summed E-state index contributed by atoms with van der Waals surface area (Å²) in [6, 6.07) is 5.40. The Morgan fingerprint density at radius 2 is 2.22 bits per heavy atom. The van der Waals surface area contributed by atoms with Crippen molar-refractivity contribution in [3.05, 3.63) is 28.7 Å². The average Bonchev–Trinajstić information content (AvgIpc) is 2.96. The number of carbonyl (C=O) groups is 1. The molecule has 2 aliphatic heterocycles. The number of ether oxygens (including phenoxy) is 2. The molecule has 3 rings (SSSR count). The Bertz CT molecular complexity index is 582. The van der Waals surface area contributed by atoms with Crippen LogP contribution in [0.3, 0.4) is 0 Å². The van der Waals surface area contributed by atoms with Crippen molar-refractivity contribution < 1.29 is 19.5 Å². The number of rotatable bonds is 1. The van der Waals surface area contributed by atoms with Crippen LogP contribution in [0.5, 0.6) is 11.5 Å². The highest BCUT2D eigenvalue weighted by Gasteiger charge is 2.24. The van der Waals surface area contributed by atoms with Crippen LogP contribution in [0, 0.1) is 0 Å². The van der Waals surface area contributed by atoms with Crippen LogP contribution in [0.2, 0.25) is 0 Å². The molecule has 6 nitrogen and oxygen atoms in total. The summed E-state index contributed by atoms with van der Waals surface area (Å²) in [6.07, 6.45) is 1.69. The summed E-state index contributed by atoms with van der Waals surface area (Å²) in [4.78, 5) is 12.0. The van der Waals surface area contributed by atoms with Gasteiger partial charge in [-0.1, -0.05) is 11.2 Å². The molecule has 0 bridgehead atoms. The molecule has 0 atom stereocenters. The zero-order valence-corrected chi connectivity index (χ0v) is 9.86. The summed E-state index contributed by atoms with van der Waals surface area (Å²) < 4.78 is 10.4. The zero-order valence-electron chi connectivity index (χ0n) is 9.04. The lowest BCUT2D eigenvalue weighted by Crippen LogP contribution is -2.19. The predicted octanol–water partition coefficient (Wildman–Crippen LogP) is 1.36. The van der Waals surface area contributed by atoms with Crippen LogP contribution in [0.1, 0.15) is 5.56 Å². The normalized spacial score (nSPS) is 21.7. The van der Waals surface area contributed by atoms with Crippen LogP contribution in [0.4, 0.5) is 0 Å². The number of nitrogens with one attached hydrogen (secondary N) is 1. The lowest BCUT2D eigenvalue weighted by Gasteiger charge is -1.98. The molecule has 92 valence electrons. The molecule has 1 aromatic carbocycles. The van der Waals surface area contributed by atoms with Crippen molar-refractivity contribution >= 4 is 28.9 Å². The van der Waals surface area contributed by atoms with Gasteiger partial charge in [0.15, 0.2) is 11.5 Å². The van der Waals surface area contributed by atoms with Crippen LogP contribution in [-0.2, 0) is 4.79 Å². The van der Waals surface area contributed by atoms with Crippen molar-refractivity contribution in [2.75, 3.05) is 6.79 Å². The average molecular weight is 264 g/mol. The van der Waals surface area contributed by atoms with Gasteiger partial charge in [-0.15, -0.1) is 0 Å². The number of hydrogen-bond acceptors (Lipinski definition) is 6. The van der Waals surface area contributed by atoms with E-state index in [0.717, 1.165) is 17.3 Å². The molecule has 0 radical (unpaired) electrons. The Morgan fingerprint density at radius 3 is 3.00 bits per heavy atom. The number of amides is 1. The maximum absolute atomic E-state index is 11.5. The number of thioether (sulfide) groups is 1. The van der Waals surface area contributed by atoms with E-state index in [0.29, 0.717) is 16.4 Å². The largest absolute Gasteiger partial charge is 0.454 e. The third-order valence-corrected chi connectivity index (χ3v) is 3.34. The number of nitrogens with zero attached hydrogens (tertiary/aromatic N) is 1. The van der Waals surface area contributed by atoms with Crippen LogP contribution in [0.25, 0.3) is 6.08 Å². The lowest BCUT2D eigenvalue weighted by atomic mass is 10.2. The number of hydrogen-bond donors (Lipinski definition) is 2. The van der Waals surface area contributed by atoms with Crippen LogP contribution >= 0.6 is 11.8 Å². The van der Waals surface area contributed by atoms with Crippen LogP contribution in [-0.4, -0.2) is 23.1 Å². The molecular weight excluding hydrogens is 256 g/mol. The van der Waals surface area contributed by atoms with Gasteiger partial charge in [-0.3, -0.25) is 10.1 Å². The predicted molar refractivity (Wildman–Crippen MR) is 65.5 cm³/mol. The molecule has 0 unspecified atom stereocenters. The Balaban J connectivity index is 1.90. The van der Waals surface area contributed by atoms with Gasteiger partial charge >= 0.3 is 0 Å². The summed E-state index contributed by atoms with van der Waals surface area (Å²) in [6.45, 7) is 0.214. The smallest absolute Gasteiger partial charge is 0.264 e. The van der Waals surface area contributed by atoms with E-state index >= 15 is 0 Å². The van der Waals surface area contributed by atoms with Gasteiger partial charge in [0.05, 0.1) is 4.91 Å². The van der Waals surface area contributed by atoms with Crippen LogP contribution < -0.4 is 14.8 Å². The van der Waals surface area contributed by atoms with Crippen molar-refractivity contribution in [1.82, 2.24) is 5.32 Å². The molecule has 1 aromatic rings. The molecule has 1 amide bonds. The second-order valence-electron chi connectivity index (χ2n) is 3.58. The first kappa shape index (κ1) is 11.0. The number of fused-ring (bicyclic) bond motifs is 1. The van der Waals surface area contributed by atoms with Crippen molar-refractivity contribution in [3.63, 3.8) is 0 Å². The Kier molecular flexibility index (Phi) is 2.60. The van der Waals surface area contributed by atoms with E-state index in [4.69, 9.17) is 14.7 Å². The molecule has 7 heteroatoms. The first-order valence-corrected chi connectivity index (χ1v) is 5.90. The van der Waals surface area contributed by atoms with Gasteiger partial charge in [-0.05, 0) is 35.5 Å². The van der Waals surface area contributed by atoms with Gasteiger partial charge in [-0.25, -0.2) is 0 Å². The third kappa shape index (κ3) is 1.88.